The topological polar surface area (TPSA) is 358 Å². The predicted octanol–water partition coefficient (Wildman–Crippen LogP) is -3.34. The van der Waals surface area contributed by atoms with Crippen LogP contribution in [0.1, 0.15) is 91.9 Å². The average molecular weight is 1060 g/mol. The molecule has 0 aromatic rings. The summed E-state index contributed by atoms with van der Waals surface area (Å²) in [7, 11) is 0. The van der Waals surface area contributed by atoms with E-state index in [0.717, 1.165) is 45.1 Å². The van der Waals surface area contributed by atoms with Gasteiger partial charge in [0.15, 0.2) is 25.2 Å². The first-order chi connectivity index (χ1) is 35.2. The Morgan fingerprint density at radius 2 is 1.04 bits per heavy atom. The van der Waals surface area contributed by atoms with E-state index in [1.54, 1.807) is 0 Å². The molecular formula is C51H85NO22. The van der Waals surface area contributed by atoms with E-state index in [1.165, 1.54) is 19.3 Å². The van der Waals surface area contributed by atoms with Crippen LogP contribution in [-0.2, 0) is 42.6 Å². The Morgan fingerprint density at radius 1 is 0.486 bits per heavy atom. The molecule has 23 heteroatoms. The van der Waals surface area contributed by atoms with E-state index in [9.17, 15) is 66.4 Å². The fraction of sp³-hybridized carbons (Fsp3) is 1.00. The fourth-order valence-electron chi connectivity index (χ4n) is 16.3. The van der Waals surface area contributed by atoms with E-state index in [-0.39, 0.29) is 28.8 Å². The van der Waals surface area contributed by atoms with Gasteiger partial charge < -0.3 is 109 Å². The highest BCUT2D eigenvalue weighted by Gasteiger charge is 2.69. The lowest BCUT2D eigenvalue weighted by molar-refractivity contribution is -0.397. The molecule has 32 atom stereocenters. The molecule has 0 bridgehead atoms. The Hall–Kier alpha value is -0.920. The molecule has 6 saturated heterocycles. The lowest BCUT2D eigenvalue weighted by Gasteiger charge is -2.61. The van der Waals surface area contributed by atoms with Crippen molar-refractivity contribution in [3.8, 4) is 0 Å². The van der Waals surface area contributed by atoms with Crippen molar-refractivity contribution in [2.45, 2.75) is 233 Å². The highest BCUT2D eigenvalue weighted by atomic mass is 16.8. The number of rotatable bonds is 12. The number of piperidine rings is 1. The van der Waals surface area contributed by atoms with E-state index in [1.807, 2.05) is 0 Å². The third kappa shape index (κ3) is 9.56. The summed E-state index contributed by atoms with van der Waals surface area (Å²) in [5.41, 5.74) is 0.159. The summed E-state index contributed by atoms with van der Waals surface area (Å²) >= 11 is 0. The van der Waals surface area contributed by atoms with Crippen LogP contribution in [0.25, 0.3) is 0 Å². The molecule has 4 saturated carbocycles. The summed E-state index contributed by atoms with van der Waals surface area (Å²) < 4.78 is 54.3. The van der Waals surface area contributed by atoms with E-state index in [0.29, 0.717) is 47.8 Å². The highest BCUT2D eigenvalue weighted by molar-refractivity contribution is 5.16. The van der Waals surface area contributed by atoms with Gasteiger partial charge in [-0.1, -0.05) is 27.7 Å². The SMILES string of the molecule is CC1CCC2(NC1)OC1CC3C4CCC5CC(OC6OC(CO)C(OC7OC(CO)C(O)C(OC8OC(CO)C(O)C(O)C8OC8OC(CO)C(O)C(O)C8O)C7O)C(O)C6O)CCC5(C)C4CCC3(C)C1C2C. The summed E-state index contributed by atoms with van der Waals surface area (Å²) in [6, 6.07) is 0. The molecule has 426 valence electrons. The maximum absolute atomic E-state index is 11.7. The fourth-order valence-corrected chi connectivity index (χ4v) is 16.3. The van der Waals surface area contributed by atoms with Crippen molar-refractivity contribution in [1.29, 1.82) is 0 Å². The molecule has 10 fully saturated rings. The van der Waals surface area contributed by atoms with Crippen LogP contribution in [0.3, 0.4) is 0 Å². The van der Waals surface area contributed by atoms with Gasteiger partial charge in [-0.15, -0.1) is 0 Å². The lowest BCUT2D eigenvalue weighted by atomic mass is 9.44. The molecular weight excluding hydrogens is 979 g/mol. The number of nitrogens with one attached hydrogen (secondary N) is 1. The minimum atomic E-state index is -2.04. The van der Waals surface area contributed by atoms with Crippen molar-refractivity contribution in [1.82, 2.24) is 5.32 Å². The zero-order valence-corrected chi connectivity index (χ0v) is 42.8. The van der Waals surface area contributed by atoms with Gasteiger partial charge in [-0.25, -0.2) is 0 Å². The first-order valence-corrected chi connectivity index (χ1v) is 27.4. The number of fused-ring (bicyclic) bond motifs is 7. The molecule has 0 aromatic carbocycles. The number of aliphatic hydroxyl groups is 13. The maximum Gasteiger partial charge on any atom is 0.187 e. The Kier molecular flexibility index (Phi) is 16.6. The van der Waals surface area contributed by atoms with Crippen molar-refractivity contribution in [3.63, 3.8) is 0 Å². The Labute approximate surface area is 431 Å². The number of hydrogen-bond acceptors (Lipinski definition) is 23. The average Bonchev–Trinajstić information content (AvgIpc) is 3.87. The quantitative estimate of drug-likeness (QED) is 0.0850. The monoisotopic (exact) mass is 1060 g/mol. The first-order valence-electron chi connectivity index (χ1n) is 27.4. The smallest absolute Gasteiger partial charge is 0.187 e. The minimum Gasteiger partial charge on any atom is -0.394 e. The van der Waals surface area contributed by atoms with E-state index in [4.69, 9.17) is 42.6 Å². The normalized spacial score (nSPS) is 57.6. The van der Waals surface area contributed by atoms with Gasteiger partial charge in [0.05, 0.1) is 38.6 Å². The van der Waals surface area contributed by atoms with Crippen LogP contribution in [0.15, 0.2) is 0 Å². The van der Waals surface area contributed by atoms with Crippen LogP contribution >= 0.6 is 0 Å². The van der Waals surface area contributed by atoms with Gasteiger partial charge in [-0.3, -0.25) is 5.32 Å². The molecule has 0 radical (unpaired) electrons. The van der Waals surface area contributed by atoms with E-state index < -0.39 is 149 Å². The summed E-state index contributed by atoms with van der Waals surface area (Å²) in [5.74, 6) is 3.89. The van der Waals surface area contributed by atoms with Crippen molar-refractivity contribution in [3.05, 3.63) is 0 Å². The molecule has 10 aliphatic rings. The Morgan fingerprint density at radius 3 is 1.70 bits per heavy atom. The molecule has 74 heavy (non-hydrogen) atoms. The molecule has 23 nitrogen and oxygen atoms in total. The second-order valence-corrected chi connectivity index (χ2v) is 24.5. The standard InChI is InChI=1S/C51H85NO22/c1-20-7-12-51(52-15-20)21(2)32-27(74-51)14-26-24-6-5-22-13-23(8-10-49(22,3)25(24)9-11-50(26,32)4)66-45-40(64)38(62)42(31(19-56)70-45)71-47-41(65)43(35(59)30(18-55)68-47)72-48-44(37(61)34(58)29(17-54)69-48)73-46-39(63)36(60)33(57)28(16-53)67-46/h20-48,52-65H,5-19H2,1-4H3. The van der Waals surface area contributed by atoms with Crippen molar-refractivity contribution >= 4 is 0 Å². The summed E-state index contributed by atoms with van der Waals surface area (Å²) in [4.78, 5) is 0. The van der Waals surface area contributed by atoms with Crippen molar-refractivity contribution in [2.75, 3.05) is 33.0 Å². The molecule has 6 aliphatic heterocycles. The minimum absolute atomic E-state index is 0.111. The van der Waals surface area contributed by atoms with Crippen LogP contribution in [0.4, 0.5) is 0 Å². The molecule has 0 aromatic heterocycles. The van der Waals surface area contributed by atoms with Crippen LogP contribution in [0.2, 0.25) is 0 Å². The van der Waals surface area contributed by atoms with Gasteiger partial charge in [-0.2, -0.15) is 0 Å². The van der Waals surface area contributed by atoms with Crippen LogP contribution in [0.5, 0.6) is 0 Å². The van der Waals surface area contributed by atoms with Crippen molar-refractivity contribution < 1.29 is 109 Å². The lowest BCUT2D eigenvalue weighted by Crippen LogP contribution is -2.68. The maximum atomic E-state index is 11.7. The molecule has 1 spiro atoms. The number of hydrogen-bond donors (Lipinski definition) is 14. The van der Waals surface area contributed by atoms with Gasteiger partial charge in [0.1, 0.15) is 103 Å². The largest absolute Gasteiger partial charge is 0.394 e. The summed E-state index contributed by atoms with van der Waals surface area (Å²) in [6.07, 6.45) is -24.8. The van der Waals surface area contributed by atoms with Gasteiger partial charge in [0.2, 0.25) is 0 Å². The number of aliphatic hydroxyl groups excluding tert-OH is 13. The second kappa shape index (κ2) is 21.9. The summed E-state index contributed by atoms with van der Waals surface area (Å²) in [6.45, 7) is 7.48. The van der Waals surface area contributed by atoms with Crippen LogP contribution < -0.4 is 5.32 Å². The molecule has 14 N–H and O–H groups in total. The van der Waals surface area contributed by atoms with Gasteiger partial charge in [0.25, 0.3) is 0 Å². The van der Waals surface area contributed by atoms with Crippen LogP contribution in [-0.4, -0.2) is 240 Å². The van der Waals surface area contributed by atoms with Gasteiger partial charge in [-0.05, 0) is 111 Å². The third-order valence-electron chi connectivity index (χ3n) is 20.6. The molecule has 4 aliphatic carbocycles. The van der Waals surface area contributed by atoms with Gasteiger partial charge in [0, 0.05) is 12.5 Å². The predicted molar refractivity (Wildman–Crippen MR) is 250 cm³/mol. The molecule has 10 rings (SSSR count). The van der Waals surface area contributed by atoms with Gasteiger partial charge >= 0.3 is 0 Å². The molecule has 6 heterocycles. The zero-order chi connectivity index (χ0) is 52.9. The second-order valence-electron chi connectivity index (χ2n) is 24.5. The summed E-state index contributed by atoms with van der Waals surface area (Å²) in [5, 5.41) is 144. The highest BCUT2D eigenvalue weighted by Crippen LogP contribution is 2.71. The zero-order valence-electron chi connectivity index (χ0n) is 42.8. The van der Waals surface area contributed by atoms with E-state index >= 15 is 0 Å². The first kappa shape index (κ1) is 56.4. The number of ether oxygens (including phenoxy) is 9. The van der Waals surface area contributed by atoms with Crippen molar-refractivity contribution in [2.24, 2.45) is 52.3 Å². The molecule has 32 unspecified atom stereocenters. The van der Waals surface area contributed by atoms with E-state index in [2.05, 4.69) is 33.0 Å². The molecule has 0 amide bonds. The Bertz CT molecular complexity index is 1880. The Balaban J connectivity index is 0.773. The third-order valence-corrected chi connectivity index (χ3v) is 20.6. The van der Waals surface area contributed by atoms with Crippen LogP contribution in [0, 0.1) is 52.3 Å².